The molecule has 1 aliphatic rings. The van der Waals surface area contributed by atoms with E-state index in [2.05, 4.69) is 20.7 Å². The fourth-order valence-corrected chi connectivity index (χ4v) is 2.93. The Kier molecular flexibility index (Phi) is 7.99. The van der Waals surface area contributed by atoms with Crippen molar-refractivity contribution in [1.82, 2.24) is 20.1 Å². The fraction of sp³-hybridized carbons (Fsp3) is 0.500. The standard InChI is InChI=1S/C18H24FN5O2.ClH/c1-24-18(22-17(23-24)13-7-9-20-10-8-13)21-16(25)6-3-11-26-15-5-2-4-14(19)12-15;/h2,4-5,12-13,20H,3,6-11H2,1H3,(H,21,22,23,25);1H. The second kappa shape index (κ2) is 10.2. The minimum absolute atomic E-state index is 0. The monoisotopic (exact) mass is 397 g/mol. The number of hydrogen-bond acceptors (Lipinski definition) is 5. The van der Waals surface area contributed by atoms with E-state index in [4.69, 9.17) is 4.74 Å². The second-order valence-corrected chi connectivity index (χ2v) is 6.40. The van der Waals surface area contributed by atoms with Crippen molar-refractivity contribution in [3.8, 4) is 5.75 Å². The van der Waals surface area contributed by atoms with Crippen molar-refractivity contribution >= 4 is 24.3 Å². The van der Waals surface area contributed by atoms with Crippen LogP contribution in [0.25, 0.3) is 0 Å². The first-order valence-electron chi connectivity index (χ1n) is 8.91. The Labute approximate surface area is 164 Å². The molecule has 148 valence electrons. The van der Waals surface area contributed by atoms with Crippen LogP contribution in [0.3, 0.4) is 0 Å². The van der Waals surface area contributed by atoms with Gasteiger partial charge in [-0.05, 0) is 44.5 Å². The maximum absolute atomic E-state index is 13.1. The zero-order valence-corrected chi connectivity index (χ0v) is 16.1. The first-order chi connectivity index (χ1) is 12.6. The summed E-state index contributed by atoms with van der Waals surface area (Å²) < 4.78 is 20.1. The summed E-state index contributed by atoms with van der Waals surface area (Å²) in [5, 5.41) is 10.5. The summed E-state index contributed by atoms with van der Waals surface area (Å²) in [5.74, 6) is 1.58. The van der Waals surface area contributed by atoms with E-state index in [0.717, 1.165) is 31.8 Å². The molecule has 2 aromatic rings. The van der Waals surface area contributed by atoms with Gasteiger partial charge in [0.1, 0.15) is 11.6 Å². The van der Waals surface area contributed by atoms with Crippen molar-refractivity contribution in [1.29, 1.82) is 0 Å². The molecule has 7 nitrogen and oxygen atoms in total. The van der Waals surface area contributed by atoms with Crippen molar-refractivity contribution in [3.05, 3.63) is 35.9 Å². The highest BCUT2D eigenvalue weighted by Gasteiger charge is 2.21. The predicted octanol–water partition coefficient (Wildman–Crippen LogP) is 2.64. The molecule has 27 heavy (non-hydrogen) atoms. The number of hydrogen-bond donors (Lipinski definition) is 2. The number of amides is 1. The molecular weight excluding hydrogens is 373 g/mol. The number of nitrogens with one attached hydrogen (secondary N) is 2. The van der Waals surface area contributed by atoms with Crippen LogP contribution in [0.1, 0.15) is 37.4 Å². The summed E-state index contributed by atoms with van der Waals surface area (Å²) in [7, 11) is 1.78. The number of benzene rings is 1. The van der Waals surface area contributed by atoms with Crippen LogP contribution in [0.15, 0.2) is 24.3 Å². The van der Waals surface area contributed by atoms with Crippen LogP contribution in [-0.2, 0) is 11.8 Å². The fourth-order valence-electron chi connectivity index (χ4n) is 2.93. The van der Waals surface area contributed by atoms with E-state index in [0.29, 0.717) is 37.1 Å². The van der Waals surface area contributed by atoms with Gasteiger partial charge >= 0.3 is 0 Å². The molecule has 2 N–H and O–H groups in total. The Morgan fingerprint density at radius 1 is 1.41 bits per heavy atom. The van der Waals surface area contributed by atoms with Crippen LogP contribution in [0.4, 0.5) is 10.3 Å². The van der Waals surface area contributed by atoms with Crippen LogP contribution >= 0.6 is 12.4 Å². The van der Waals surface area contributed by atoms with E-state index in [1.54, 1.807) is 23.9 Å². The molecule has 2 heterocycles. The molecule has 1 saturated heterocycles. The number of ether oxygens (including phenoxy) is 1. The number of carbonyl (C=O) groups excluding carboxylic acids is 1. The van der Waals surface area contributed by atoms with Gasteiger partial charge in [-0.2, -0.15) is 10.1 Å². The number of rotatable bonds is 7. The van der Waals surface area contributed by atoms with E-state index < -0.39 is 0 Å². The predicted molar refractivity (Wildman–Crippen MR) is 103 cm³/mol. The van der Waals surface area contributed by atoms with Gasteiger partial charge in [-0.25, -0.2) is 9.07 Å². The van der Waals surface area contributed by atoms with E-state index in [9.17, 15) is 9.18 Å². The molecule has 1 amide bonds. The van der Waals surface area contributed by atoms with E-state index in [1.807, 2.05) is 0 Å². The molecule has 3 rings (SSSR count). The quantitative estimate of drug-likeness (QED) is 0.702. The van der Waals surface area contributed by atoms with Gasteiger partial charge in [0.05, 0.1) is 6.61 Å². The van der Waals surface area contributed by atoms with Crippen molar-refractivity contribution < 1.29 is 13.9 Å². The van der Waals surface area contributed by atoms with Gasteiger partial charge in [0.15, 0.2) is 5.82 Å². The Bertz CT molecular complexity index is 749. The average molecular weight is 398 g/mol. The van der Waals surface area contributed by atoms with Crippen LogP contribution in [0, 0.1) is 5.82 Å². The lowest BCUT2D eigenvalue weighted by atomic mass is 9.98. The first-order valence-corrected chi connectivity index (χ1v) is 8.91. The van der Waals surface area contributed by atoms with Crippen molar-refractivity contribution in [3.63, 3.8) is 0 Å². The zero-order valence-electron chi connectivity index (χ0n) is 15.3. The lowest BCUT2D eigenvalue weighted by molar-refractivity contribution is -0.116. The SMILES string of the molecule is Cl.Cn1nc(C2CCNCC2)nc1NC(=O)CCCOc1cccc(F)c1. The van der Waals surface area contributed by atoms with E-state index in [-0.39, 0.29) is 24.1 Å². The zero-order chi connectivity index (χ0) is 18.4. The van der Waals surface area contributed by atoms with Crippen LogP contribution in [-0.4, -0.2) is 40.4 Å². The average Bonchev–Trinajstić information content (AvgIpc) is 3.00. The van der Waals surface area contributed by atoms with Crippen LogP contribution in [0.5, 0.6) is 5.75 Å². The smallest absolute Gasteiger partial charge is 0.227 e. The number of nitrogens with zero attached hydrogens (tertiary/aromatic N) is 3. The second-order valence-electron chi connectivity index (χ2n) is 6.40. The molecule has 1 aliphatic heterocycles. The largest absolute Gasteiger partial charge is 0.493 e. The minimum Gasteiger partial charge on any atom is -0.493 e. The molecule has 0 aliphatic carbocycles. The van der Waals surface area contributed by atoms with Crippen molar-refractivity contribution in [2.75, 3.05) is 25.0 Å². The Balaban J connectivity index is 0.00000261. The molecule has 0 unspecified atom stereocenters. The molecule has 1 fully saturated rings. The summed E-state index contributed by atoms with van der Waals surface area (Å²) in [4.78, 5) is 16.6. The molecule has 0 radical (unpaired) electrons. The number of piperidine rings is 1. The normalized spacial score (nSPS) is 14.4. The summed E-state index contributed by atoms with van der Waals surface area (Å²) in [5.41, 5.74) is 0. The molecule has 9 heteroatoms. The molecule has 0 bridgehead atoms. The molecule has 1 aromatic heterocycles. The molecule has 1 aromatic carbocycles. The van der Waals surface area contributed by atoms with Gasteiger partial charge in [-0.1, -0.05) is 6.07 Å². The molecular formula is C18H25ClFN5O2. The van der Waals surface area contributed by atoms with Gasteiger partial charge in [-0.15, -0.1) is 12.4 Å². The molecule has 0 saturated carbocycles. The third-order valence-corrected chi connectivity index (χ3v) is 4.35. The van der Waals surface area contributed by atoms with Gasteiger partial charge in [0.25, 0.3) is 0 Å². The highest BCUT2D eigenvalue weighted by molar-refractivity contribution is 5.88. The maximum atomic E-state index is 13.1. The topological polar surface area (TPSA) is 81.1 Å². The van der Waals surface area contributed by atoms with Gasteiger partial charge in [0.2, 0.25) is 11.9 Å². The van der Waals surface area contributed by atoms with Crippen LogP contribution < -0.4 is 15.4 Å². The third-order valence-electron chi connectivity index (χ3n) is 4.35. The number of carbonyl (C=O) groups is 1. The van der Waals surface area contributed by atoms with E-state index >= 15 is 0 Å². The Morgan fingerprint density at radius 3 is 2.93 bits per heavy atom. The highest BCUT2D eigenvalue weighted by atomic mass is 35.5. The van der Waals surface area contributed by atoms with Gasteiger partial charge in [0, 0.05) is 25.5 Å². The van der Waals surface area contributed by atoms with Gasteiger partial charge in [-0.3, -0.25) is 10.1 Å². The number of halogens is 2. The summed E-state index contributed by atoms with van der Waals surface area (Å²) in [6.07, 6.45) is 2.84. The molecule has 0 spiro atoms. The number of aryl methyl sites for hydroxylation is 1. The Morgan fingerprint density at radius 2 is 2.19 bits per heavy atom. The number of aromatic nitrogens is 3. The van der Waals surface area contributed by atoms with Crippen LogP contribution in [0.2, 0.25) is 0 Å². The van der Waals surface area contributed by atoms with E-state index in [1.165, 1.54) is 12.1 Å². The summed E-state index contributed by atoms with van der Waals surface area (Å²) in [6.45, 7) is 2.28. The lowest BCUT2D eigenvalue weighted by Gasteiger charge is -2.19. The lowest BCUT2D eigenvalue weighted by Crippen LogP contribution is -2.27. The highest BCUT2D eigenvalue weighted by Crippen LogP contribution is 2.23. The van der Waals surface area contributed by atoms with Crippen molar-refractivity contribution in [2.45, 2.75) is 31.6 Å². The summed E-state index contributed by atoms with van der Waals surface area (Å²) >= 11 is 0. The third kappa shape index (κ3) is 6.18. The minimum atomic E-state index is -0.341. The molecule has 0 atom stereocenters. The van der Waals surface area contributed by atoms with Gasteiger partial charge < -0.3 is 10.1 Å². The number of anilines is 1. The van der Waals surface area contributed by atoms with Crippen molar-refractivity contribution in [2.24, 2.45) is 7.05 Å². The first kappa shape index (κ1) is 21.1. The maximum Gasteiger partial charge on any atom is 0.227 e. The Hall–Kier alpha value is -2.19. The summed E-state index contributed by atoms with van der Waals surface area (Å²) in [6, 6.07) is 5.96.